The number of nitrogen functional groups attached to an aromatic ring is 1. The number of carbonyl (C=O) groups is 3. The fraction of sp³-hybridized carbons (Fsp3) is 0.259. The number of carboxylic acids is 1. The van der Waals surface area contributed by atoms with E-state index in [4.69, 9.17) is 15.2 Å². The number of pyridine rings is 1. The summed E-state index contributed by atoms with van der Waals surface area (Å²) >= 11 is 0. The lowest BCUT2D eigenvalue weighted by Crippen LogP contribution is -2.66. The van der Waals surface area contributed by atoms with Crippen LogP contribution in [0.5, 0.6) is 11.5 Å². The number of ether oxygens (including phenoxy) is 2. The zero-order valence-electron chi connectivity index (χ0n) is 20.0. The van der Waals surface area contributed by atoms with Gasteiger partial charge in [0.2, 0.25) is 11.8 Å². The molecule has 1 fully saturated rings. The first-order valence-corrected chi connectivity index (χ1v) is 11.4. The Morgan fingerprint density at radius 2 is 1.64 bits per heavy atom. The number of β-lactam (4-membered cyclic amide) rings is 1. The van der Waals surface area contributed by atoms with Gasteiger partial charge in [-0.15, -0.1) is 0 Å². The molecule has 0 aliphatic carbocycles. The van der Waals surface area contributed by atoms with E-state index in [9.17, 15) is 19.5 Å². The minimum atomic E-state index is -1.25. The van der Waals surface area contributed by atoms with E-state index in [-0.39, 0.29) is 18.7 Å². The van der Waals surface area contributed by atoms with Crippen molar-refractivity contribution in [2.45, 2.75) is 24.8 Å². The first-order valence-electron chi connectivity index (χ1n) is 11.4. The van der Waals surface area contributed by atoms with E-state index in [1.807, 2.05) is 36.4 Å². The van der Waals surface area contributed by atoms with Gasteiger partial charge in [-0.2, -0.15) is 0 Å². The number of hydrogen-bond acceptors (Lipinski definition) is 7. The number of imide groups is 1. The molecule has 2 amide bonds. The number of carbonyl (C=O) groups excluding carboxylic acids is 2. The van der Waals surface area contributed by atoms with Crippen molar-refractivity contribution in [2.24, 2.45) is 5.92 Å². The second-order valence-electron chi connectivity index (χ2n) is 8.59. The van der Waals surface area contributed by atoms with Gasteiger partial charge >= 0.3 is 5.97 Å². The maximum Gasteiger partial charge on any atom is 0.327 e. The van der Waals surface area contributed by atoms with Crippen molar-refractivity contribution in [3.05, 3.63) is 83.6 Å². The summed E-state index contributed by atoms with van der Waals surface area (Å²) < 4.78 is 10.7. The predicted molar refractivity (Wildman–Crippen MR) is 132 cm³/mol. The monoisotopic (exact) mass is 489 g/mol. The van der Waals surface area contributed by atoms with Crippen molar-refractivity contribution in [3.63, 3.8) is 0 Å². The Bertz CT molecular complexity index is 1250. The molecule has 36 heavy (non-hydrogen) atoms. The van der Waals surface area contributed by atoms with E-state index in [0.717, 1.165) is 16.0 Å². The fourth-order valence-corrected chi connectivity index (χ4v) is 4.60. The van der Waals surface area contributed by atoms with Crippen molar-refractivity contribution < 1.29 is 29.0 Å². The van der Waals surface area contributed by atoms with E-state index in [2.05, 4.69) is 4.98 Å². The number of nitrogens with zero attached hydrogens (tertiary/aromatic N) is 2. The summed E-state index contributed by atoms with van der Waals surface area (Å²) in [5.74, 6) is -2.11. The Balaban J connectivity index is 1.61. The van der Waals surface area contributed by atoms with E-state index < -0.39 is 35.7 Å². The summed E-state index contributed by atoms with van der Waals surface area (Å²) in [6.45, 7) is 0. The second-order valence-corrected chi connectivity index (χ2v) is 8.59. The quantitative estimate of drug-likeness (QED) is 0.439. The summed E-state index contributed by atoms with van der Waals surface area (Å²) in [6.07, 6.45) is 1.55. The van der Waals surface area contributed by atoms with E-state index >= 15 is 0 Å². The third kappa shape index (κ3) is 5.00. The smallest absolute Gasteiger partial charge is 0.327 e. The van der Waals surface area contributed by atoms with Crippen molar-refractivity contribution in [3.8, 4) is 11.5 Å². The zero-order valence-corrected chi connectivity index (χ0v) is 20.0. The Hall–Kier alpha value is -4.40. The van der Waals surface area contributed by atoms with Crippen LogP contribution in [0.25, 0.3) is 0 Å². The molecule has 9 heteroatoms. The average molecular weight is 490 g/mol. The first kappa shape index (κ1) is 24.7. The SMILES string of the molecule is COc1cccc(C(CC(=O)N2C(=O)[C@H](Cc3ccnc(N)c3)[C@H]2C(=O)O)c2cccc(OC)c2)c1. The predicted octanol–water partition coefficient (Wildman–Crippen LogP) is 2.88. The van der Waals surface area contributed by atoms with Crippen LogP contribution in [0.2, 0.25) is 0 Å². The lowest BCUT2D eigenvalue weighted by atomic mass is 9.80. The van der Waals surface area contributed by atoms with Crippen LogP contribution >= 0.6 is 0 Å². The molecule has 0 unspecified atom stereocenters. The minimum absolute atomic E-state index is 0.106. The fourth-order valence-electron chi connectivity index (χ4n) is 4.60. The average Bonchev–Trinajstić information content (AvgIpc) is 2.88. The molecule has 3 N–H and O–H groups in total. The van der Waals surface area contributed by atoms with Gasteiger partial charge in [0.05, 0.1) is 20.1 Å². The summed E-state index contributed by atoms with van der Waals surface area (Å²) in [6, 6.07) is 16.6. The molecular weight excluding hydrogens is 462 g/mol. The molecule has 186 valence electrons. The van der Waals surface area contributed by atoms with Crippen LogP contribution in [-0.4, -0.2) is 53.0 Å². The maximum absolute atomic E-state index is 13.4. The van der Waals surface area contributed by atoms with Crippen LogP contribution in [0.4, 0.5) is 5.82 Å². The number of benzene rings is 2. The van der Waals surface area contributed by atoms with Gasteiger partial charge in [-0.25, -0.2) is 9.78 Å². The normalized spacial score (nSPS) is 17.0. The minimum Gasteiger partial charge on any atom is -0.497 e. The van der Waals surface area contributed by atoms with E-state index in [1.54, 1.807) is 38.5 Å². The van der Waals surface area contributed by atoms with Crippen molar-refractivity contribution in [2.75, 3.05) is 20.0 Å². The number of rotatable bonds is 9. The molecule has 3 aromatic rings. The molecule has 4 rings (SSSR count). The molecular formula is C27H27N3O6. The van der Waals surface area contributed by atoms with Crippen molar-refractivity contribution >= 4 is 23.6 Å². The molecule has 1 aromatic heterocycles. The molecule has 1 aliphatic heterocycles. The highest BCUT2D eigenvalue weighted by Gasteiger charge is 2.54. The molecule has 2 heterocycles. The van der Waals surface area contributed by atoms with Crippen molar-refractivity contribution in [1.82, 2.24) is 9.88 Å². The number of carboxylic acid groups (broad SMARTS) is 1. The molecule has 9 nitrogen and oxygen atoms in total. The number of amides is 2. The Labute approximate surface area is 208 Å². The summed E-state index contributed by atoms with van der Waals surface area (Å²) in [4.78, 5) is 43.3. The number of methoxy groups -OCH3 is 2. The summed E-state index contributed by atoms with van der Waals surface area (Å²) in [5, 5.41) is 9.86. The standard InChI is InChI=1S/C27H27N3O6/c1-35-19-7-3-5-17(13-19)21(18-6-4-8-20(14-18)36-2)15-24(31)30-25(27(33)34)22(26(30)32)11-16-9-10-29-23(28)12-16/h3-10,12-14,21-22,25H,11,15H2,1-2H3,(H2,28,29)(H,33,34)/t22-,25+/m1/s1. The number of aromatic nitrogens is 1. The second kappa shape index (κ2) is 10.5. The molecule has 0 radical (unpaired) electrons. The number of hydrogen-bond donors (Lipinski definition) is 2. The van der Waals surface area contributed by atoms with Gasteiger partial charge in [0, 0.05) is 18.5 Å². The molecule has 1 aliphatic rings. The molecule has 0 saturated carbocycles. The number of aliphatic carboxylic acids is 1. The highest BCUT2D eigenvalue weighted by Crippen LogP contribution is 2.36. The number of anilines is 1. The number of likely N-dealkylation sites (tertiary alicyclic amines) is 1. The third-order valence-electron chi connectivity index (χ3n) is 6.41. The van der Waals surface area contributed by atoms with Gasteiger partial charge in [-0.1, -0.05) is 24.3 Å². The molecule has 2 atom stereocenters. The van der Waals surface area contributed by atoms with Crippen LogP contribution in [0.1, 0.15) is 29.0 Å². The van der Waals surface area contributed by atoms with Crippen LogP contribution in [0, 0.1) is 5.92 Å². The Morgan fingerprint density at radius 1 is 1.03 bits per heavy atom. The zero-order chi connectivity index (χ0) is 25.8. The molecule has 1 saturated heterocycles. The van der Waals surface area contributed by atoms with Gasteiger partial charge in [0.1, 0.15) is 23.4 Å². The van der Waals surface area contributed by atoms with Crippen molar-refractivity contribution in [1.29, 1.82) is 0 Å². The first-order chi connectivity index (χ1) is 17.3. The maximum atomic E-state index is 13.4. The van der Waals surface area contributed by atoms with Crippen LogP contribution in [0.3, 0.4) is 0 Å². The van der Waals surface area contributed by atoms with Gasteiger partial charge in [-0.05, 0) is 59.5 Å². The summed E-state index contributed by atoms with van der Waals surface area (Å²) in [7, 11) is 3.11. The Morgan fingerprint density at radius 3 is 2.17 bits per heavy atom. The van der Waals surface area contributed by atoms with Gasteiger partial charge in [0.25, 0.3) is 0 Å². The Kier molecular flexibility index (Phi) is 7.19. The van der Waals surface area contributed by atoms with E-state index in [1.165, 1.54) is 6.20 Å². The third-order valence-corrected chi connectivity index (χ3v) is 6.41. The molecule has 0 spiro atoms. The van der Waals surface area contributed by atoms with E-state index in [0.29, 0.717) is 17.1 Å². The lowest BCUT2D eigenvalue weighted by molar-refractivity contribution is -0.177. The van der Waals surface area contributed by atoms with Gasteiger partial charge in [0.15, 0.2) is 0 Å². The number of nitrogens with two attached hydrogens (primary N) is 1. The van der Waals surface area contributed by atoms with Crippen LogP contribution in [0.15, 0.2) is 66.9 Å². The van der Waals surface area contributed by atoms with Crippen LogP contribution < -0.4 is 15.2 Å². The lowest BCUT2D eigenvalue weighted by Gasteiger charge is -2.43. The highest BCUT2D eigenvalue weighted by molar-refractivity contribution is 6.08. The summed E-state index contributed by atoms with van der Waals surface area (Å²) in [5.41, 5.74) is 7.98. The van der Waals surface area contributed by atoms with Gasteiger partial charge in [-0.3, -0.25) is 14.5 Å². The topological polar surface area (TPSA) is 132 Å². The highest BCUT2D eigenvalue weighted by atomic mass is 16.5. The molecule has 2 aromatic carbocycles. The van der Waals surface area contributed by atoms with Gasteiger partial charge < -0.3 is 20.3 Å². The largest absolute Gasteiger partial charge is 0.497 e. The van der Waals surface area contributed by atoms with Crippen LogP contribution in [-0.2, 0) is 20.8 Å². The molecule has 0 bridgehead atoms.